The zero-order valence-electron chi connectivity index (χ0n) is 17.0. The number of sulfonamides is 1. The smallest absolute Gasteiger partial charge is 0.262 e. The van der Waals surface area contributed by atoms with E-state index < -0.39 is 27.4 Å². The molecule has 2 N–H and O–H groups in total. The average Bonchev–Trinajstić information content (AvgIpc) is 3.10. The minimum Gasteiger partial charge on any atom is -0.472 e. The van der Waals surface area contributed by atoms with Crippen molar-refractivity contribution < 1.29 is 22.7 Å². The summed E-state index contributed by atoms with van der Waals surface area (Å²) in [5, 5.41) is 2.30. The summed E-state index contributed by atoms with van der Waals surface area (Å²) >= 11 is 0. The van der Waals surface area contributed by atoms with Gasteiger partial charge < -0.3 is 4.74 Å². The molecule has 2 aromatic carbocycles. The minimum absolute atomic E-state index is 0.139. The first-order chi connectivity index (χ1) is 15.9. The topological polar surface area (TPSA) is 102 Å². The number of nitrogens with one attached hydrogen (secondary N) is 2. The van der Waals surface area contributed by atoms with E-state index in [-0.39, 0.29) is 21.8 Å². The van der Waals surface area contributed by atoms with Crippen molar-refractivity contribution in [2.45, 2.75) is 10.5 Å². The third-order valence-corrected chi connectivity index (χ3v) is 7.37. The van der Waals surface area contributed by atoms with Crippen molar-refractivity contribution in [1.29, 1.82) is 0 Å². The van der Waals surface area contributed by atoms with Crippen LogP contribution in [0.1, 0.15) is 26.3 Å². The molecule has 8 heteroatoms. The second-order valence-corrected chi connectivity index (χ2v) is 9.64. The molecular weight excluding hydrogens is 440 g/mol. The summed E-state index contributed by atoms with van der Waals surface area (Å²) < 4.78 is 34.9. The van der Waals surface area contributed by atoms with Crippen LogP contribution >= 0.6 is 0 Å². The number of hydrogen-bond donors (Lipinski definition) is 2. The van der Waals surface area contributed by atoms with Gasteiger partial charge in [0.05, 0.1) is 16.0 Å². The summed E-state index contributed by atoms with van der Waals surface area (Å²) in [6.45, 7) is 0. The van der Waals surface area contributed by atoms with Gasteiger partial charge in [-0.05, 0) is 36.4 Å². The molecule has 2 aromatic rings. The van der Waals surface area contributed by atoms with Crippen molar-refractivity contribution >= 4 is 27.9 Å². The van der Waals surface area contributed by atoms with Gasteiger partial charge in [0.1, 0.15) is 5.75 Å². The van der Waals surface area contributed by atoms with Crippen molar-refractivity contribution in [2.24, 2.45) is 0 Å². The maximum atomic E-state index is 12.9. The van der Waals surface area contributed by atoms with Gasteiger partial charge in [0.2, 0.25) is 0 Å². The highest BCUT2D eigenvalue weighted by molar-refractivity contribution is 7.89. The predicted molar refractivity (Wildman–Crippen MR) is 121 cm³/mol. The summed E-state index contributed by atoms with van der Waals surface area (Å²) in [5.74, 6) is -0.696. The number of allylic oxidation sites excluding steroid dienone is 3. The summed E-state index contributed by atoms with van der Waals surface area (Å²) in [6.07, 6.45) is 12.6. The van der Waals surface area contributed by atoms with E-state index in [2.05, 4.69) is 10.0 Å². The zero-order chi connectivity index (χ0) is 22.8. The fourth-order valence-electron chi connectivity index (χ4n) is 4.44. The van der Waals surface area contributed by atoms with Crippen LogP contribution in [0.2, 0.25) is 0 Å². The molecule has 1 unspecified atom stereocenters. The van der Waals surface area contributed by atoms with Gasteiger partial charge in [-0.1, -0.05) is 48.6 Å². The molecule has 0 bridgehead atoms. The van der Waals surface area contributed by atoms with E-state index in [4.69, 9.17) is 4.74 Å². The number of carbonyl (C=O) groups is 2. The van der Waals surface area contributed by atoms with Crippen molar-refractivity contribution in [3.63, 3.8) is 0 Å². The second-order valence-electron chi connectivity index (χ2n) is 7.96. The molecule has 2 amide bonds. The Morgan fingerprint density at radius 3 is 2.55 bits per heavy atom. The Morgan fingerprint density at radius 2 is 1.73 bits per heavy atom. The van der Waals surface area contributed by atoms with Gasteiger partial charge in [0.15, 0.2) is 5.60 Å². The molecule has 0 radical (unpaired) electrons. The second kappa shape index (κ2) is 6.66. The van der Waals surface area contributed by atoms with Crippen molar-refractivity contribution in [1.82, 2.24) is 10.0 Å². The molecule has 0 fully saturated rings. The molecule has 2 aliphatic heterocycles. The Hall–Kier alpha value is -4.17. The van der Waals surface area contributed by atoms with Gasteiger partial charge in [0, 0.05) is 22.4 Å². The van der Waals surface area contributed by atoms with Crippen molar-refractivity contribution in [2.75, 3.05) is 0 Å². The first kappa shape index (κ1) is 19.5. The van der Waals surface area contributed by atoms with Gasteiger partial charge in [-0.25, -0.2) is 8.42 Å². The number of hydrogen-bond acceptors (Lipinski definition) is 5. The molecule has 0 saturated carbocycles. The molecular formula is C25H16N2O5S. The van der Waals surface area contributed by atoms with Crippen molar-refractivity contribution in [3.05, 3.63) is 112 Å². The SMILES string of the molecule is O=C1NC(=O)c2c1ccc1c2OC23C=C(NS(=O)(=O)c4ccccc4)C=CC2=CC=CC3=C1. The maximum Gasteiger partial charge on any atom is 0.262 e. The molecule has 2 heterocycles. The highest BCUT2D eigenvalue weighted by Crippen LogP contribution is 2.47. The number of rotatable bonds is 3. The highest BCUT2D eigenvalue weighted by atomic mass is 32.2. The normalized spacial score (nSPS) is 22.0. The van der Waals surface area contributed by atoms with E-state index in [1.54, 1.807) is 48.6 Å². The molecule has 1 atom stereocenters. The highest BCUT2D eigenvalue weighted by Gasteiger charge is 2.45. The van der Waals surface area contributed by atoms with E-state index in [1.165, 1.54) is 12.1 Å². The van der Waals surface area contributed by atoms with E-state index in [1.807, 2.05) is 24.3 Å². The van der Waals surface area contributed by atoms with Crippen molar-refractivity contribution in [3.8, 4) is 5.75 Å². The number of imide groups is 1. The quantitative estimate of drug-likeness (QED) is 0.692. The van der Waals surface area contributed by atoms with Crippen LogP contribution in [0.15, 0.2) is 101 Å². The van der Waals surface area contributed by atoms with Crippen LogP contribution in [0.3, 0.4) is 0 Å². The Bertz CT molecular complexity index is 1530. The Kier molecular flexibility index (Phi) is 3.94. The molecule has 162 valence electrons. The fourth-order valence-corrected chi connectivity index (χ4v) is 5.51. The standard InChI is InChI=1S/C25H16N2O5S/c28-23-20-12-9-15-13-17-6-4-5-16-10-11-18(27-33(30,31)19-7-2-1-3-8-19)14-25(16,17)32-22(15)21(20)24(29)26-23/h1-14,27H,(H,26,28,29). The number of fused-ring (bicyclic) bond motifs is 3. The molecule has 0 saturated heterocycles. The lowest BCUT2D eigenvalue weighted by atomic mass is 9.76. The third-order valence-electron chi connectivity index (χ3n) is 5.98. The monoisotopic (exact) mass is 456 g/mol. The van der Waals surface area contributed by atoms with Gasteiger partial charge in [-0.15, -0.1) is 0 Å². The van der Waals surface area contributed by atoms with Gasteiger partial charge in [0.25, 0.3) is 21.8 Å². The van der Waals surface area contributed by atoms with E-state index in [0.29, 0.717) is 11.3 Å². The fraction of sp³-hybridized carbons (Fsp3) is 0.0400. The minimum atomic E-state index is -3.82. The lowest BCUT2D eigenvalue weighted by Gasteiger charge is -2.41. The predicted octanol–water partition coefficient (Wildman–Crippen LogP) is 3.01. The van der Waals surface area contributed by atoms with Crippen LogP contribution in [0, 0.1) is 0 Å². The van der Waals surface area contributed by atoms with Gasteiger partial charge in [-0.2, -0.15) is 0 Å². The molecule has 1 spiro atoms. The average molecular weight is 456 g/mol. The molecule has 0 aromatic heterocycles. The molecule has 33 heavy (non-hydrogen) atoms. The lowest BCUT2D eigenvalue weighted by molar-refractivity contribution is 0.0877. The van der Waals surface area contributed by atoms with Crippen LogP contribution in [0.25, 0.3) is 6.08 Å². The summed E-state index contributed by atoms with van der Waals surface area (Å²) in [6, 6.07) is 11.4. The number of amides is 2. The van der Waals surface area contributed by atoms with Gasteiger partial charge in [-0.3, -0.25) is 19.6 Å². The first-order valence-corrected chi connectivity index (χ1v) is 11.7. The summed E-state index contributed by atoms with van der Waals surface area (Å²) in [5.41, 5.74) is 1.83. The van der Waals surface area contributed by atoms with Crippen LogP contribution in [0.4, 0.5) is 0 Å². The van der Waals surface area contributed by atoms with E-state index in [9.17, 15) is 18.0 Å². The Labute approximate surface area is 189 Å². The maximum absolute atomic E-state index is 12.9. The Morgan fingerprint density at radius 1 is 0.909 bits per heavy atom. The number of benzene rings is 2. The molecule has 7 nitrogen and oxygen atoms in total. The first-order valence-electron chi connectivity index (χ1n) is 10.2. The van der Waals surface area contributed by atoms with E-state index in [0.717, 1.165) is 11.1 Å². The molecule has 2 aliphatic carbocycles. The number of ether oxygens (including phenoxy) is 1. The summed E-state index contributed by atoms with van der Waals surface area (Å²) in [7, 11) is -3.82. The largest absolute Gasteiger partial charge is 0.472 e. The summed E-state index contributed by atoms with van der Waals surface area (Å²) in [4.78, 5) is 24.8. The van der Waals surface area contributed by atoms with Crippen LogP contribution in [0.5, 0.6) is 5.75 Å². The van der Waals surface area contributed by atoms with Crippen LogP contribution in [-0.2, 0) is 10.0 Å². The number of carbonyl (C=O) groups excluding carboxylic acids is 2. The van der Waals surface area contributed by atoms with E-state index >= 15 is 0 Å². The lowest BCUT2D eigenvalue weighted by Crippen LogP contribution is -2.43. The van der Waals surface area contributed by atoms with Crippen LogP contribution in [-0.4, -0.2) is 25.8 Å². The molecule has 4 aliphatic rings. The third kappa shape index (κ3) is 2.84. The molecule has 6 rings (SSSR count). The van der Waals surface area contributed by atoms with Crippen LogP contribution < -0.4 is 14.8 Å². The zero-order valence-corrected chi connectivity index (χ0v) is 17.8. The Balaban J connectivity index is 1.47. The van der Waals surface area contributed by atoms with Gasteiger partial charge >= 0.3 is 0 Å².